The van der Waals surface area contributed by atoms with Crippen LogP contribution in [-0.2, 0) is 20.8 Å². The van der Waals surface area contributed by atoms with E-state index in [1.807, 2.05) is 18.2 Å². The smallest absolute Gasteiger partial charge is 0.417 e. The van der Waals surface area contributed by atoms with Crippen LogP contribution in [0.2, 0.25) is 0 Å². The zero-order chi connectivity index (χ0) is 35.7. The Balaban J connectivity index is 1.29. The highest BCUT2D eigenvalue weighted by Gasteiger charge is 2.64. The van der Waals surface area contributed by atoms with Crippen LogP contribution in [0.15, 0.2) is 42.5 Å². The van der Waals surface area contributed by atoms with Crippen molar-refractivity contribution in [2.75, 3.05) is 26.2 Å². The van der Waals surface area contributed by atoms with Crippen molar-refractivity contribution in [2.45, 2.75) is 104 Å². The van der Waals surface area contributed by atoms with Crippen LogP contribution in [0.4, 0.5) is 9.59 Å². The minimum atomic E-state index is -0.802. The Bertz CT molecular complexity index is 1540. The number of guanidine groups is 1. The summed E-state index contributed by atoms with van der Waals surface area (Å²) < 4.78 is 10.9. The molecule has 4 unspecified atom stereocenters. The maximum Gasteiger partial charge on any atom is 0.417 e. The van der Waals surface area contributed by atoms with E-state index in [2.05, 4.69) is 59.0 Å². The molecule has 0 aromatic heterocycles. The molecular weight excluding hydrogens is 620 g/mol. The van der Waals surface area contributed by atoms with E-state index < -0.39 is 28.9 Å². The largest absolute Gasteiger partial charge is 0.444 e. The molecule has 11 nitrogen and oxygen atoms in total. The summed E-state index contributed by atoms with van der Waals surface area (Å²) in [5.41, 5.74) is -1.06. The zero-order valence-corrected chi connectivity index (χ0v) is 30.5. The first-order chi connectivity index (χ1) is 23.0. The molecular formula is C38H56N6O5. The summed E-state index contributed by atoms with van der Waals surface area (Å²) in [6, 6.07) is 14.7. The SMILES string of the molecule is CC(C)CC1[C@@H]2C3CNC1(C(=O)NCc1cccc4ccccc14)CC3CN2CCCN(C(=N)NC(=O)OC(C)(C)C)C(=O)OC(C)(C)C. The number of likely N-dealkylation sites (tertiary alicyclic amines) is 1. The standard InChI is InChI=1S/C38H56N6O5/c1-24(2)19-30-31-29-22-41-38(30,32(45)40-21-26-15-11-14-25-13-9-10-16-28(25)26)20-27(29)23-43(31)17-12-18-44(35(47)49-37(6,7)8)33(39)42-34(46)48-36(3,4)5/h9-11,13-16,24,27,29-31,41H,12,17-23H2,1-8H3,(H,40,45)(H2,39,42,46)/t27?,29?,30?,31-,38?/m0/s1. The number of ether oxygens (including phenoxy) is 2. The second-order valence-electron chi connectivity index (χ2n) is 16.5. The second kappa shape index (κ2) is 14.3. The average molecular weight is 677 g/mol. The van der Waals surface area contributed by atoms with E-state index in [0.717, 1.165) is 42.3 Å². The molecule has 4 aliphatic rings. The Kier molecular flexibility index (Phi) is 10.6. The Morgan fingerprint density at radius 1 is 1.04 bits per heavy atom. The van der Waals surface area contributed by atoms with Crippen LogP contribution in [-0.4, -0.2) is 82.8 Å². The van der Waals surface area contributed by atoms with Crippen LogP contribution in [0.5, 0.6) is 0 Å². The third-order valence-corrected chi connectivity index (χ3v) is 10.00. The quantitative estimate of drug-likeness (QED) is 0.193. The van der Waals surface area contributed by atoms with Gasteiger partial charge in [-0.25, -0.2) is 14.5 Å². The van der Waals surface area contributed by atoms with Crippen LogP contribution in [0.1, 0.15) is 80.2 Å². The normalized spacial score (nSPS) is 24.9. The highest BCUT2D eigenvalue weighted by Crippen LogP contribution is 2.53. The first kappa shape index (κ1) is 36.6. The number of hydrogen-bond acceptors (Lipinski definition) is 8. The molecule has 2 aromatic carbocycles. The molecule has 49 heavy (non-hydrogen) atoms. The van der Waals surface area contributed by atoms with E-state index in [0.29, 0.717) is 37.3 Å². The van der Waals surface area contributed by atoms with Gasteiger partial charge in [0.05, 0.1) is 0 Å². The summed E-state index contributed by atoms with van der Waals surface area (Å²) in [5.74, 6) is 1.09. The first-order valence-electron chi connectivity index (χ1n) is 17.8. The number of nitrogens with one attached hydrogen (secondary N) is 4. The van der Waals surface area contributed by atoms with Crippen molar-refractivity contribution < 1.29 is 23.9 Å². The van der Waals surface area contributed by atoms with E-state index in [4.69, 9.17) is 14.9 Å². The molecule has 11 heteroatoms. The van der Waals surface area contributed by atoms with Crippen LogP contribution in [0.3, 0.4) is 0 Å². The number of benzene rings is 2. The fraction of sp³-hybridized carbons (Fsp3) is 0.632. The summed E-state index contributed by atoms with van der Waals surface area (Å²) >= 11 is 0. The lowest BCUT2D eigenvalue weighted by Crippen LogP contribution is -2.74. The molecule has 1 aliphatic carbocycles. The number of piperidine rings is 2. The Hall–Kier alpha value is -3.70. The van der Waals surface area contributed by atoms with E-state index in [9.17, 15) is 14.4 Å². The third kappa shape index (κ3) is 8.37. The molecule has 3 amide bonds. The van der Waals surface area contributed by atoms with Crippen molar-refractivity contribution in [3.63, 3.8) is 0 Å². The van der Waals surface area contributed by atoms with Crippen molar-refractivity contribution >= 4 is 34.8 Å². The molecule has 268 valence electrons. The fourth-order valence-corrected chi connectivity index (χ4v) is 8.25. The van der Waals surface area contributed by atoms with Gasteiger partial charge in [0, 0.05) is 44.7 Å². The molecule has 0 radical (unpaired) electrons. The molecule has 3 saturated heterocycles. The van der Waals surface area contributed by atoms with Gasteiger partial charge in [-0.15, -0.1) is 0 Å². The van der Waals surface area contributed by atoms with Crippen molar-refractivity contribution in [1.82, 2.24) is 25.8 Å². The summed E-state index contributed by atoms with van der Waals surface area (Å²) in [6.45, 7) is 18.0. The van der Waals surface area contributed by atoms with Gasteiger partial charge in [-0.3, -0.25) is 20.4 Å². The first-order valence-corrected chi connectivity index (χ1v) is 17.8. The molecule has 4 fully saturated rings. The lowest BCUT2D eigenvalue weighted by Gasteiger charge is -2.56. The summed E-state index contributed by atoms with van der Waals surface area (Å²) in [5, 5.41) is 20.4. The molecule has 3 aliphatic heterocycles. The highest BCUT2D eigenvalue weighted by molar-refractivity contribution is 5.99. The number of rotatable bonds is 9. The minimum absolute atomic E-state index is 0.0823. The van der Waals surface area contributed by atoms with E-state index in [1.54, 1.807) is 41.5 Å². The lowest BCUT2D eigenvalue weighted by atomic mass is 9.57. The maximum atomic E-state index is 14.3. The number of nitrogens with zero attached hydrogens (tertiary/aromatic N) is 2. The van der Waals surface area contributed by atoms with Gasteiger partial charge in [-0.1, -0.05) is 56.3 Å². The molecule has 5 atom stereocenters. The zero-order valence-electron chi connectivity index (χ0n) is 30.5. The predicted molar refractivity (Wildman–Crippen MR) is 191 cm³/mol. The van der Waals surface area contributed by atoms with Crippen molar-refractivity contribution in [1.29, 1.82) is 5.41 Å². The Morgan fingerprint density at radius 3 is 2.43 bits per heavy atom. The Morgan fingerprint density at radius 2 is 1.73 bits per heavy atom. The topological polar surface area (TPSA) is 136 Å². The number of amides is 3. The Labute approximate surface area is 291 Å². The van der Waals surface area contributed by atoms with Crippen LogP contribution >= 0.6 is 0 Å². The molecule has 1 saturated carbocycles. The van der Waals surface area contributed by atoms with Gasteiger partial charge in [0.2, 0.25) is 11.9 Å². The molecule has 2 aromatic rings. The fourth-order valence-electron chi connectivity index (χ4n) is 8.25. The van der Waals surface area contributed by atoms with Gasteiger partial charge in [-0.2, -0.15) is 0 Å². The number of fused-ring (bicyclic) bond motifs is 2. The average Bonchev–Trinajstić information content (AvgIpc) is 3.30. The molecule has 4 bridgehead atoms. The van der Waals surface area contributed by atoms with Crippen molar-refractivity contribution in [2.24, 2.45) is 23.7 Å². The van der Waals surface area contributed by atoms with Crippen LogP contribution in [0.25, 0.3) is 10.8 Å². The van der Waals surface area contributed by atoms with E-state index >= 15 is 0 Å². The number of carbonyl (C=O) groups excluding carboxylic acids is 3. The van der Waals surface area contributed by atoms with Gasteiger partial charge in [-0.05, 0) is 94.9 Å². The van der Waals surface area contributed by atoms with Crippen molar-refractivity contribution in [3.8, 4) is 0 Å². The van der Waals surface area contributed by atoms with Gasteiger partial charge in [0.15, 0.2) is 0 Å². The number of alkyl carbamates (subject to hydrolysis) is 1. The monoisotopic (exact) mass is 676 g/mol. The second-order valence-corrected chi connectivity index (χ2v) is 16.5. The predicted octanol–water partition coefficient (Wildman–Crippen LogP) is 5.87. The van der Waals surface area contributed by atoms with Gasteiger partial charge < -0.3 is 20.1 Å². The van der Waals surface area contributed by atoms with E-state index in [1.165, 1.54) is 4.90 Å². The van der Waals surface area contributed by atoms with Crippen LogP contribution in [0, 0.1) is 29.1 Å². The summed E-state index contributed by atoms with van der Waals surface area (Å²) in [4.78, 5) is 43.7. The molecule has 6 rings (SSSR count). The maximum absolute atomic E-state index is 14.3. The number of hydrogen-bond donors (Lipinski definition) is 4. The van der Waals surface area contributed by atoms with Crippen molar-refractivity contribution in [3.05, 3.63) is 48.0 Å². The van der Waals surface area contributed by atoms with Crippen LogP contribution < -0.4 is 16.0 Å². The van der Waals surface area contributed by atoms with Gasteiger partial charge in [0.1, 0.15) is 16.7 Å². The lowest BCUT2D eigenvalue weighted by molar-refractivity contribution is -0.139. The van der Waals surface area contributed by atoms with Gasteiger partial charge in [0.25, 0.3) is 0 Å². The summed E-state index contributed by atoms with van der Waals surface area (Å²) in [7, 11) is 0. The number of carbonyl (C=O) groups is 3. The van der Waals surface area contributed by atoms with E-state index in [-0.39, 0.29) is 30.4 Å². The highest BCUT2D eigenvalue weighted by atomic mass is 16.6. The minimum Gasteiger partial charge on any atom is -0.444 e. The summed E-state index contributed by atoms with van der Waals surface area (Å²) in [6.07, 6.45) is 0.793. The third-order valence-electron chi connectivity index (χ3n) is 10.00. The molecule has 3 heterocycles. The molecule has 4 N–H and O–H groups in total. The molecule has 0 spiro atoms. The van der Waals surface area contributed by atoms with Gasteiger partial charge >= 0.3 is 12.2 Å².